The molecule has 1 N–H and O–H groups in total. The van der Waals surface area contributed by atoms with Crippen molar-refractivity contribution in [2.45, 2.75) is 19.5 Å². The Morgan fingerprint density at radius 3 is 2.59 bits per heavy atom. The van der Waals surface area contributed by atoms with Crippen LogP contribution in [0.3, 0.4) is 0 Å². The van der Waals surface area contributed by atoms with Gasteiger partial charge >= 0.3 is 5.69 Å². The highest BCUT2D eigenvalue weighted by molar-refractivity contribution is 5.81. The van der Waals surface area contributed by atoms with E-state index in [2.05, 4.69) is 9.88 Å². The van der Waals surface area contributed by atoms with Crippen molar-refractivity contribution in [2.75, 3.05) is 33.0 Å². The predicted octanol–water partition coefficient (Wildman–Crippen LogP) is 1.32. The number of carbonyl (C=O) groups is 1. The predicted molar refractivity (Wildman–Crippen MR) is 118 cm³/mol. The van der Waals surface area contributed by atoms with Gasteiger partial charge in [0, 0.05) is 32.7 Å². The number of carbonyl (C=O) groups excluding carboxylic acids is 1. The Morgan fingerprint density at radius 2 is 1.78 bits per heavy atom. The van der Waals surface area contributed by atoms with Crippen LogP contribution in [-0.2, 0) is 11.3 Å². The fourth-order valence-electron chi connectivity index (χ4n) is 4.33. The molecule has 9 heteroatoms. The molecule has 1 aromatic heterocycles. The topological polar surface area (TPSA) is 96.9 Å². The fraction of sp³-hybridized carbons (Fsp3) is 0.348. The van der Waals surface area contributed by atoms with Gasteiger partial charge in [-0.15, -0.1) is 0 Å². The number of piperazine rings is 1. The number of nitrogens with zero attached hydrogens (tertiary/aromatic N) is 3. The molecular weight excluding hydrogens is 412 g/mol. The van der Waals surface area contributed by atoms with Gasteiger partial charge < -0.3 is 19.4 Å². The summed E-state index contributed by atoms with van der Waals surface area (Å²) in [5.74, 6) is 1.30. The monoisotopic (exact) mass is 436 g/mol. The second-order valence-corrected chi connectivity index (χ2v) is 8.12. The minimum absolute atomic E-state index is 0.226. The molecule has 0 unspecified atom stereocenters. The zero-order valence-corrected chi connectivity index (χ0v) is 17.7. The Labute approximate surface area is 183 Å². The molecule has 1 amide bonds. The first-order chi connectivity index (χ1) is 15.5. The van der Waals surface area contributed by atoms with Gasteiger partial charge in [-0.05, 0) is 36.8 Å². The van der Waals surface area contributed by atoms with E-state index in [1.807, 2.05) is 18.2 Å². The molecule has 32 heavy (non-hydrogen) atoms. The standard InChI is InChI=1S/C23H24N4O5/c1-15(27-22(29)17-4-2-3-5-18(17)24-23(27)30)21(28)26-10-8-25(9-11-26)13-16-6-7-19-20(12-16)32-14-31-19/h2-7,12,15H,8-11,13-14H2,1H3,(H,24,30)/t15-/m0/s1. The summed E-state index contributed by atoms with van der Waals surface area (Å²) in [4.78, 5) is 45.2. The number of nitrogens with one attached hydrogen (secondary N) is 1. The lowest BCUT2D eigenvalue weighted by Crippen LogP contribution is -2.52. The molecule has 0 bridgehead atoms. The number of amides is 1. The Hall–Kier alpha value is -3.59. The summed E-state index contributed by atoms with van der Waals surface area (Å²) in [5.41, 5.74) is 0.565. The van der Waals surface area contributed by atoms with Crippen molar-refractivity contribution < 1.29 is 14.3 Å². The van der Waals surface area contributed by atoms with E-state index in [4.69, 9.17) is 9.47 Å². The number of fused-ring (bicyclic) bond motifs is 2. The molecule has 2 aliphatic rings. The van der Waals surface area contributed by atoms with E-state index in [0.29, 0.717) is 37.1 Å². The number of ether oxygens (including phenoxy) is 2. The summed E-state index contributed by atoms with van der Waals surface area (Å²) in [7, 11) is 0. The van der Waals surface area contributed by atoms with E-state index < -0.39 is 17.3 Å². The number of para-hydroxylation sites is 1. The van der Waals surface area contributed by atoms with Crippen LogP contribution in [0.4, 0.5) is 0 Å². The molecule has 1 saturated heterocycles. The minimum atomic E-state index is -0.878. The first kappa shape index (κ1) is 20.3. The number of hydrogen-bond donors (Lipinski definition) is 1. The number of aromatic amines is 1. The summed E-state index contributed by atoms with van der Waals surface area (Å²) in [6.07, 6.45) is 0. The first-order valence-electron chi connectivity index (χ1n) is 10.6. The van der Waals surface area contributed by atoms with Gasteiger partial charge in [0.15, 0.2) is 11.5 Å². The highest BCUT2D eigenvalue weighted by Gasteiger charge is 2.28. The van der Waals surface area contributed by atoms with Gasteiger partial charge in [0.1, 0.15) is 6.04 Å². The minimum Gasteiger partial charge on any atom is -0.454 e. The summed E-state index contributed by atoms with van der Waals surface area (Å²) in [6, 6.07) is 11.9. The van der Waals surface area contributed by atoms with Gasteiger partial charge in [0.05, 0.1) is 10.9 Å². The maximum atomic E-state index is 13.1. The third kappa shape index (κ3) is 3.64. The van der Waals surface area contributed by atoms with E-state index >= 15 is 0 Å². The molecule has 0 aliphatic carbocycles. The molecule has 3 heterocycles. The van der Waals surface area contributed by atoms with Gasteiger partial charge in [0.25, 0.3) is 5.56 Å². The Kier molecular flexibility index (Phi) is 5.18. The molecule has 0 spiro atoms. The lowest BCUT2D eigenvalue weighted by Gasteiger charge is -2.36. The van der Waals surface area contributed by atoms with Crippen LogP contribution in [0.1, 0.15) is 18.5 Å². The highest BCUT2D eigenvalue weighted by atomic mass is 16.7. The average Bonchev–Trinajstić information content (AvgIpc) is 3.27. The van der Waals surface area contributed by atoms with Gasteiger partial charge in [-0.2, -0.15) is 0 Å². The third-order valence-electron chi connectivity index (χ3n) is 6.11. The van der Waals surface area contributed by atoms with Gasteiger partial charge in [0.2, 0.25) is 12.7 Å². The van der Waals surface area contributed by atoms with Crippen LogP contribution in [0.25, 0.3) is 10.9 Å². The molecule has 9 nitrogen and oxygen atoms in total. The normalized spacial score (nSPS) is 17.0. The SMILES string of the molecule is C[C@@H](C(=O)N1CCN(Cc2ccc3c(c2)OCO3)CC1)n1c(=O)[nH]c2ccccc2c1=O. The number of rotatable bonds is 4. The molecule has 0 radical (unpaired) electrons. The molecule has 3 aromatic rings. The van der Waals surface area contributed by atoms with Gasteiger partial charge in [-0.1, -0.05) is 18.2 Å². The van der Waals surface area contributed by atoms with E-state index in [9.17, 15) is 14.4 Å². The second-order valence-electron chi connectivity index (χ2n) is 8.12. The zero-order chi connectivity index (χ0) is 22.2. The molecule has 2 aliphatic heterocycles. The summed E-state index contributed by atoms with van der Waals surface area (Å²) < 4.78 is 11.8. The zero-order valence-electron chi connectivity index (χ0n) is 17.7. The first-order valence-corrected chi connectivity index (χ1v) is 10.6. The van der Waals surface area contributed by atoms with Gasteiger partial charge in [-0.3, -0.25) is 14.5 Å². The van der Waals surface area contributed by atoms with Crippen molar-refractivity contribution in [1.82, 2.24) is 19.4 Å². The fourth-order valence-corrected chi connectivity index (χ4v) is 4.33. The number of benzene rings is 2. The summed E-state index contributed by atoms with van der Waals surface area (Å²) >= 11 is 0. The van der Waals surface area contributed by atoms with Crippen LogP contribution >= 0.6 is 0 Å². The Bertz CT molecular complexity index is 1290. The van der Waals surface area contributed by atoms with Gasteiger partial charge in [-0.25, -0.2) is 9.36 Å². The van der Waals surface area contributed by atoms with Crippen LogP contribution in [0.2, 0.25) is 0 Å². The van der Waals surface area contributed by atoms with Crippen LogP contribution in [0.15, 0.2) is 52.1 Å². The molecule has 1 atom stereocenters. The lowest BCUT2D eigenvalue weighted by molar-refractivity contribution is -0.136. The highest BCUT2D eigenvalue weighted by Crippen LogP contribution is 2.32. The number of aromatic nitrogens is 2. The lowest BCUT2D eigenvalue weighted by atomic mass is 10.1. The summed E-state index contributed by atoms with van der Waals surface area (Å²) in [6.45, 7) is 5.08. The quantitative estimate of drug-likeness (QED) is 0.663. The van der Waals surface area contributed by atoms with Crippen LogP contribution < -0.4 is 20.7 Å². The Balaban J connectivity index is 1.26. The van der Waals surface area contributed by atoms with E-state index in [1.165, 1.54) is 0 Å². The molecule has 5 rings (SSSR count). The van der Waals surface area contributed by atoms with Crippen molar-refractivity contribution in [3.05, 3.63) is 68.9 Å². The van der Waals surface area contributed by atoms with Crippen LogP contribution in [0, 0.1) is 0 Å². The smallest absolute Gasteiger partial charge is 0.329 e. The van der Waals surface area contributed by atoms with Crippen molar-refractivity contribution in [1.29, 1.82) is 0 Å². The molecule has 0 saturated carbocycles. The number of hydrogen-bond acceptors (Lipinski definition) is 6. The van der Waals surface area contributed by atoms with Crippen molar-refractivity contribution in [3.63, 3.8) is 0 Å². The van der Waals surface area contributed by atoms with Crippen molar-refractivity contribution in [3.8, 4) is 11.5 Å². The molecule has 1 fully saturated rings. The van der Waals surface area contributed by atoms with Crippen molar-refractivity contribution >= 4 is 16.8 Å². The molecule has 166 valence electrons. The van der Waals surface area contributed by atoms with E-state index in [1.54, 1.807) is 36.1 Å². The number of H-pyrrole nitrogens is 1. The average molecular weight is 436 g/mol. The molecular formula is C23H24N4O5. The van der Waals surface area contributed by atoms with Crippen LogP contribution in [-0.4, -0.2) is 58.2 Å². The van der Waals surface area contributed by atoms with E-state index in [0.717, 1.165) is 28.2 Å². The maximum Gasteiger partial charge on any atom is 0.329 e. The largest absolute Gasteiger partial charge is 0.454 e. The third-order valence-corrected chi connectivity index (χ3v) is 6.11. The second kappa shape index (κ2) is 8.16. The molecule has 2 aromatic carbocycles. The van der Waals surface area contributed by atoms with Crippen molar-refractivity contribution in [2.24, 2.45) is 0 Å². The van der Waals surface area contributed by atoms with E-state index in [-0.39, 0.29) is 12.7 Å². The maximum absolute atomic E-state index is 13.1. The summed E-state index contributed by atoms with van der Waals surface area (Å²) in [5, 5.41) is 0.389. The Morgan fingerprint density at radius 1 is 1.03 bits per heavy atom. The van der Waals surface area contributed by atoms with Crippen LogP contribution in [0.5, 0.6) is 11.5 Å².